The molecule has 2 aromatic carbocycles. The van der Waals surface area contributed by atoms with Gasteiger partial charge in [0.05, 0.1) is 5.39 Å². The standard InChI is InChI=1S/C16H11ClN2O2/c17-13-7-11(19)6-5-10(13)9-20-16-12-3-1-2-4-14(12)21-15(16)8-18/h1-7H,9,19H2. The summed E-state index contributed by atoms with van der Waals surface area (Å²) in [5.41, 5.74) is 7.66. The van der Waals surface area contributed by atoms with Crippen LogP contribution in [0, 0.1) is 11.3 Å². The fourth-order valence-corrected chi connectivity index (χ4v) is 2.31. The number of benzene rings is 2. The Hall–Kier alpha value is -2.64. The van der Waals surface area contributed by atoms with Crippen molar-refractivity contribution >= 4 is 28.3 Å². The number of para-hydroxylation sites is 1. The van der Waals surface area contributed by atoms with Gasteiger partial charge in [0.15, 0.2) is 5.75 Å². The molecule has 5 heteroatoms. The summed E-state index contributed by atoms with van der Waals surface area (Å²) < 4.78 is 11.2. The van der Waals surface area contributed by atoms with Crippen LogP contribution in [-0.4, -0.2) is 0 Å². The molecule has 0 fully saturated rings. The third-order valence-corrected chi connectivity index (χ3v) is 3.45. The van der Waals surface area contributed by atoms with Crippen molar-refractivity contribution in [2.24, 2.45) is 0 Å². The van der Waals surface area contributed by atoms with E-state index in [-0.39, 0.29) is 12.4 Å². The van der Waals surface area contributed by atoms with E-state index in [1.54, 1.807) is 24.3 Å². The summed E-state index contributed by atoms with van der Waals surface area (Å²) in [7, 11) is 0. The van der Waals surface area contributed by atoms with Crippen LogP contribution in [0.15, 0.2) is 46.9 Å². The molecule has 1 aromatic heterocycles. The summed E-state index contributed by atoms with van der Waals surface area (Å²) in [6.45, 7) is 0.233. The van der Waals surface area contributed by atoms with Crippen molar-refractivity contribution in [3.63, 3.8) is 0 Å². The van der Waals surface area contributed by atoms with Gasteiger partial charge < -0.3 is 14.9 Å². The van der Waals surface area contributed by atoms with E-state index in [9.17, 15) is 0 Å². The number of furan rings is 1. The zero-order valence-electron chi connectivity index (χ0n) is 11.0. The van der Waals surface area contributed by atoms with Crippen LogP contribution in [-0.2, 0) is 6.61 Å². The molecule has 0 atom stereocenters. The van der Waals surface area contributed by atoms with Gasteiger partial charge in [0.25, 0.3) is 0 Å². The number of hydrogen-bond donors (Lipinski definition) is 1. The predicted molar refractivity (Wildman–Crippen MR) is 81.1 cm³/mol. The highest BCUT2D eigenvalue weighted by Crippen LogP contribution is 2.33. The highest BCUT2D eigenvalue weighted by Gasteiger charge is 2.15. The lowest BCUT2D eigenvalue weighted by molar-refractivity contribution is 0.304. The molecule has 3 rings (SSSR count). The molecule has 104 valence electrons. The largest absolute Gasteiger partial charge is 0.483 e. The summed E-state index contributed by atoms with van der Waals surface area (Å²) in [4.78, 5) is 0. The molecule has 1 heterocycles. The SMILES string of the molecule is N#Cc1oc2ccccc2c1OCc1ccc(N)cc1Cl. The van der Waals surface area contributed by atoms with E-state index in [1.807, 2.05) is 24.3 Å². The highest BCUT2D eigenvalue weighted by atomic mass is 35.5. The van der Waals surface area contributed by atoms with Crippen LogP contribution in [0.2, 0.25) is 5.02 Å². The Labute approximate surface area is 126 Å². The number of rotatable bonds is 3. The lowest BCUT2D eigenvalue weighted by atomic mass is 10.2. The molecule has 4 nitrogen and oxygen atoms in total. The molecular formula is C16H11ClN2O2. The molecule has 0 radical (unpaired) electrons. The van der Waals surface area contributed by atoms with Crippen LogP contribution < -0.4 is 10.5 Å². The van der Waals surface area contributed by atoms with Gasteiger partial charge in [-0.15, -0.1) is 0 Å². The predicted octanol–water partition coefficient (Wildman–Crippen LogP) is 4.12. The second kappa shape index (κ2) is 5.39. The van der Waals surface area contributed by atoms with Gasteiger partial charge in [0, 0.05) is 16.3 Å². The summed E-state index contributed by atoms with van der Waals surface area (Å²) in [6, 6.07) is 14.6. The number of anilines is 1. The highest BCUT2D eigenvalue weighted by molar-refractivity contribution is 6.31. The van der Waals surface area contributed by atoms with Crippen molar-refractivity contribution in [3.8, 4) is 11.8 Å². The summed E-state index contributed by atoms with van der Waals surface area (Å²) in [5.74, 6) is 0.587. The molecule has 0 spiro atoms. The monoisotopic (exact) mass is 298 g/mol. The molecule has 21 heavy (non-hydrogen) atoms. The van der Waals surface area contributed by atoms with E-state index >= 15 is 0 Å². The number of fused-ring (bicyclic) bond motifs is 1. The summed E-state index contributed by atoms with van der Waals surface area (Å²) in [5, 5.41) is 10.4. The molecule has 2 N–H and O–H groups in total. The smallest absolute Gasteiger partial charge is 0.246 e. The van der Waals surface area contributed by atoms with Crippen molar-refractivity contribution < 1.29 is 9.15 Å². The first-order valence-corrected chi connectivity index (χ1v) is 6.65. The molecule has 0 amide bonds. The van der Waals surface area contributed by atoms with Crippen molar-refractivity contribution in [2.45, 2.75) is 6.61 Å². The Bertz CT molecular complexity index is 849. The fraction of sp³-hybridized carbons (Fsp3) is 0.0625. The minimum absolute atomic E-state index is 0.155. The first-order valence-electron chi connectivity index (χ1n) is 6.27. The van der Waals surface area contributed by atoms with Gasteiger partial charge in [-0.1, -0.05) is 29.8 Å². The molecular weight excluding hydrogens is 288 g/mol. The number of nitriles is 1. The number of nitrogens with two attached hydrogens (primary N) is 1. The third kappa shape index (κ3) is 2.51. The Balaban J connectivity index is 1.93. The number of nitrogen functional groups attached to an aromatic ring is 1. The first kappa shape index (κ1) is 13.3. The molecule has 0 unspecified atom stereocenters. The third-order valence-electron chi connectivity index (χ3n) is 3.10. The molecule has 0 saturated carbocycles. The van der Waals surface area contributed by atoms with Crippen molar-refractivity contribution in [2.75, 3.05) is 5.73 Å². The van der Waals surface area contributed by atoms with Crippen LogP contribution in [0.5, 0.6) is 5.75 Å². The lowest BCUT2D eigenvalue weighted by Gasteiger charge is -2.07. The molecule has 0 aliphatic heterocycles. The van der Waals surface area contributed by atoms with E-state index in [0.29, 0.717) is 22.0 Å². The molecule has 0 aliphatic rings. The Morgan fingerprint density at radius 3 is 2.81 bits per heavy atom. The van der Waals surface area contributed by atoms with Crippen LogP contribution >= 0.6 is 11.6 Å². The van der Waals surface area contributed by atoms with Gasteiger partial charge in [-0.3, -0.25) is 0 Å². The van der Waals surface area contributed by atoms with Gasteiger partial charge in [-0.05, 0) is 24.3 Å². The number of halogens is 1. The maximum atomic E-state index is 9.14. The van der Waals surface area contributed by atoms with Crippen molar-refractivity contribution in [1.82, 2.24) is 0 Å². The van der Waals surface area contributed by atoms with E-state index in [0.717, 1.165) is 10.9 Å². The van der Waals surface area contributed by atoms with Crippen molar-refractivity contribution in [1.29, 1.82) is 5.26 Å². The second-order valence-electron chi connectivity index (χ2n) is 4.51. The van der Waals surface area contributed by atoms with Gasteiger partial charge in [-0.25, -0.2) is 0 Å². The number of hydrogen-bond acceptors (Lipinski definition) is 4. The Morgan fingerprint density at radius 2 is 2.05 bits per heavy atom. The lowest BCUT2D eigenvalue weighted by Crippen LogP contribution is -1.98. The topological polar surface area (TPSA) is 72.2 Å². The summed E-state index contributed by atoms with van der Waals surface area (Å²) >= 11 is 6.11. The minimum Gasteiger partial charge on any atom is -0.483 e. The summed E-state index contributed by atoms with van der Waals surface area (Å²) in [6.07, 6.45) is 0. The average molecular weight is 299 g/mol. The molecule has 3 aromatic rings. The van der Waals surface area contributed by atoms with E-state index < -0.39 is 0 Å². The number of nitrogens with zero attached hydrogens (tertiary/aromatic N) is 1. The van der Waals surface area contributed by atoms with Crippen LogP contribution in [0.25, 0.3) is 11.0 Å². The van der Waals surface area contributed by atoms with Crippen LogP contribution in [0.1, 0.15) is 11.3 Å². The quantitative estimate of drug-likeness (QED) is 0.738. The van der Waals surface area contributed by atoms with Crippen LogP contribution in [0.4, 0.5) is 5.69 Å². The molecule has 0 bridgehead atoms. The maximum absolute atomic E-state index is 9.14. The van der Waals surface area contributed by atoms with E-state index in [2.05, 4.69) is 0 Å². The van der Waals surface area contributed by atoms with E-state index in [4.69, 9.17) is 31.8 Å². The minimum atomic E-state index is 0.155. The van der Waals surface area contributed by atoms with Gasteiger partial charge >= 0.3 is 0 Å². The van der Waals surface area contributed by atoms with Crippen molar-refractivity contribution in [3.05, 3.63) is 58.8 Å². The molecule has 0 aliphatic carbocycles. The fourth-order valence-electron chi connectivity index (χ4n) is 2.07. The van der Waals surface area contributed by atoms with Crippen LogP contribution in [0.3, 0.4) is 0 Å². The van der Waals surface area contributed by atoms with E-state index in [1.165, 1.54) is 0 Å². The normalized spacial score (nSPS) is 10.5. The Kier molecular flexibility index (Phi) is 3.43. The second-order valence-corrected chi connectivity index (χ2v) is 4.91. The van der Waals surface area contributed by atoms with Gasteiger partial charge in [-0.2, -0.15) is 5.26 Å². The zero-order chi connectivity index (χ0) is 14.8. The Morgan fingerprint density at radius 1 is 1.24 bits per heavy atom. The zero-order valence-corrected chi connectivity index (χ0v) is 11.7. The maximum Gasteiger partial charge on any atom is 0.246 e. The van der Waals surface area contributed by atoms with Gasteiger partial charge in [0.1, 0.15) is 18.3 Å². The number of ether oxygens (including phenoxy) is 1. The molecule has 0 saturated heterocycles. The van der Waals surface area contributed by atoms with Gasteiger partial charge in [0.2, 0.25) is 5.76 Å². The first-order chi connectivity index (χ1) is 10.2. The average Bonchev–Trinajstić information content (AvgIpc) is 2.84.